The lowest BCUT2D eigenvalue weighted by atomic mass is 10.8. The second kappa shape index (κ2) is 1.65. The van der Waals surface area contributed by atoms with Crippen molar-refractivity contribution in [2.24, 2.45) is 4.99 Å². The highest BCUT2D eigenvalue weighted by Crippen LogP contribution is 2.18. The molecule has 6 heavy (non-hydrogen) atoms. The van der Waals surface area contributed by atoms with Crippen molar-refractivity contribution in [3.05, 3.63) is 5.75 Å². The van der Waals surface area contributed by atoms with Crippen molar-refractivity contribution in [3.8, 4) is 0 Å². The summed E-state index contributed by atoms with van der Waals surface area (Å²) in [6.07, 6.45) is 1.72. The van der Waals surface area contributed by atoms with Crippen molar-refractivity contribution in [2.45, 2.75) is 12.3 Å². The Morgan fingerprint density at radius 1 is 2.00 bits per heavy atom. The summed E-state index contributed by atoms with van der Waals surface area (Å²) in [6.45, 7) is 2.04. The van der Waals surface area contributed by atoms with Crippen LogP contribution >= 0.6 is 11.8 Å². The van der Waals surface area contributed by atoms with Crippen LogP contribution in [0.2, 0.25) is 0 Å². The molecule has 1 nitrogen and oxygen atoms in total. The van der Waals surface area contributed by atoms with Crippen LogP contribution in [-0.4, -0.2) is 11.6 Å². The highest BCUT2D eigenvalue weighted by molar-refractivity contribution is 8.02. The van der Waals surface area contributed by atoms with Crippen LogP contribution in [0, 0.1) is 5.75 Å². The quantitative estimate of drug-likeness (QED) is 0.444. The van der Waals surface area contributed by atoms with Gasteiger partial charge in [-0.3, -0.25) is 4.99 Å². The Bertz CT molecular complexity index is 69.9. The second-order valence-electron chi connectivity index (χ2n) is 1.11. The molecule has 32 valence electrons. The fraction of sp³-hybridized carbons (Fsp3) is 0.500. The first-order valence-electron chi connectivity index (χ1n) is 1.82. The maximum atomic E-state index is 3.96. The average Bonchev–Trinajstić information content (AvgIpc) is 1.86. The van der Waals surface area contributed by atoms with Gasteiger partial charge in [0.15, 0.2) is 0 Å². The van der Waals surface area contributed by atoms with E-state index in [2.05, 4.69) is 10.7 Å². The van der Waals surface area contributed by atoms with Gasteiger partial charge in [0.1, 0.15) is 0 Å². The van der Waals surface area contributed by atoms with E-state index in [1.165, 1.54) is 0 Å². The Labute approximate surface area is 41.8 Å². The van der Waals surface area contributed by atoms with E-state index in [0.717, 1.165) is 0 Å². The van der Waals surface area contributed by atoms with Crippen LogP contribution in [0.1, 0.15) is 6.92 Å². The van der Waals surface area contributed by atoms with Gasteiger partial charge in [0, 0.05) is 6.21 Å². The van der Waals surface area contributed by atoms with Crippen LogP contribution in [0.3, 0.4) is 0 Å². The molecule has 0 aliphatic carbocycles. The molecule has 1 rings (SSSR count). The van der Waals surface area contributed by atoms with Crippen molar-refractivity contribution >= 4 is 18.0 Å². The average molecular weight is 99.2 g/mol. The summed E-state index contributed by atoms with van der Waals surface area (Å²) in [7, 11) is 0. The van der Waals surface area contributed by atoms with Gasteiger partial charge in [-0.25, -0.2) is 0 Å². The first-order chi connectivity index (χ1) is 2.89. The van der Waals surface area contributed by atoms with Gasteiger partial charge in [-0.1, -0.05) is 0 Å². The standard InChI is InChI=1S/C4H5NS/c1-4-5-2-3-6-4/h2,4H,1H3. The van der Waals surface area contributed by atoms with Crippen molar-refractivity contribution in [1.82, 2.24) is 0 Å². The minimum Gasteiger partial charge on any atom is -0.282 e. The molecule has 0 bridgehead atoms. The van der Waals surface area contributed by atoms with Gasteiger partial charge in [-0.05, 0) is 6.92 Å². The molecule has 1 atom stereocenters. The lowest BCUT2D eigenvalue weighted by Crippen LogP contribution is -1.78. The molecule has 0 spiro atoms. The molecule has 1 aliphatic heterocycles. The Kier molecular flexibility index (Phi) is 1.15. The zero-order valence-electron chi connectivity index (χ0n) is 3.51. The largest absolute Gasteiger partial charge is 0.282 e. The summed E-state index contributed by atoms with van der Waals surface area (Å²) >= 11 is 1.62. The molecule has 0 fully saturated rings. The monoisotopic (exact) mass is 99.0 g/mol. The molecule has 1 unspecified atom stereocenters. The third kappa shape index (κ3) is 0.744. The van der Waals surface area contributed by atoms with Gasteiger partial charge < -0.3 is 0 Å². The van der Waals surface area contributed by atoms with E-state index in [4.69, 9.17) is 0 Å². The summed E-state index contributed by atoms with van der Waals surface area (Å²) in [4.78, 5) is 3.96. The molecule has 0 saturated carbocycles. The summed E-state index contributed by atoms with van der Waals surface area (Å²) in [6, 6.07) is 0. The van der Waals surface area contributed by atoms with Gasteiger partial charge in [0.25, 0.3) is 0 Å². The van der Waals surface area contributed by atoms with Crippen LogP contribution < -0.4 is 0 Å². The van der Waals surface area contributed by atoms with Gasteiger partial charge in [0.2, 0.25) is 0 Å². The minimum atomic E-state index is 0.421. The fourth-order valence-corrected chi connectivity index (χ4v) is 0.735. The van der Waals surface area contributed by atoms with Crippen molar-refractivity contribution < 1.29 is 0 Å². The molecule has 0 N–H and O–H groups in total. The Morgan fingerprint density at radius 2 is 2.83 bits per heavy atom. The molecule has 2 radical (unpaired) electrons. The van der Waals surface area contributed by atoms with E-state index in [1.807, 2.05) is 6.92 Å². The van der Waals surface area contributed by atoms with Gasteiger partial charge in [-0.15, -0.1) is 11.8 Å². The minimum absolute atomic E-state index is 0.421. The molecule has 0 aromatic heterocycles. The summed E-state index contributed by atoms with van der Waals surface area (Å²) in [5.41, 5.74) is 0. The SMILES string of the molecule is CC1N=C[C]S1. The van der Waals surface area contributed by atoms with E-state index in [-0.39, 0.29) is 0 Å². The molecular formula is C4H5NS. The zero-order valence-corrected chi connectivity index (χ0v) is 4.33. The number of nitrogens with zero attached hydrogens (tertiary/aromatic N) is 1. The first kappa shape index (κ1) is 4.19. The number of hydrogen-bond donors (Lipinski definition) is 0. The zero-order chi connectivity index (χ0) is 4.41. The highest BCUT2D eigenvalue weighted by Gasteiger charge is 2.01. The molecule has 0 aromatic carbocycles. The van der Waals surface area contributed by atoms with Gasteiger partial charge in [-0.2, -0.15) is 0 Å². The van der Waals surface area contributed by atoms with Gasteiger partial charge in [0.05, 0.1) is 11.1 Å². The normalized spacial score (nSPS) is 31.8. The summed E-state index contributed by atoms with van der Waals surface area (Å²) < 4.78 is 0. The third-order valence-corrected chi connectivity index (χ3v) is 1.28. The molecule has 2 heteroatoms. The Hall–Kier alpha value is 0.0200. The topological polar surface area (TPSA) is 12.4 Å². The van der Waals surface area contributed by atoms with Crippen molar-refractivity contribution in [1.29, 1.82) is 0 Å². The number of thioether (sulfide) groups is 1. The summed E-state index contributed by atoms with van der Waals surface area (Å²) in [5.74, 6) is 2.90. The molecule has 0 amide bonds. The van der Waals surface area contributed by atoms with E-state index in [9.17, 15) is 0 Å². The van der Waals surface area contributed by atoms with E-state index < -0.39 is 0 Å². The van der Waals surface area contributed by atoms with Crippen molar-refractivity contribution in [2.75, 3.05) is 0 Å². The van der Waals surface area contributed by atoms with Crippen LogP contribution in [0.4, 0.5) is 0 Å². The molecule has 1 heterocycles. The first-order valence-corrected chi connectivity index (χ1v) is 2.70. The fourth-order valence-electron chi connectivity index (χ4n) is 0.295. The maximum absolute atomic E-state index is 3.96. The third-order valence-electron chi connectivity index (χ3n) is 0.576. The van der Waals surface area contributed by atoms with Crippen LogP contribution in [0.5, 0.6) is 0 Å². The summed E-state index contributed by atoms with van der Waals surface area (Å²) in [5, 5.41) is 0.421. The van der Waals surface area contributed by atoms with Crippen LogP contribution in [0.25, 0.3) is 0 Å². The van der Waals surface area contributed by atoms with Crippen LogP contribution in [-0.2, 0) is 0 Å². The lowest BCUT2D eigenvalue weighted by molar-refractivity contribution is 1.07. The predicted octanol–water partition coefficient (Wildman–Crippen LogP) is 1.19. The smallest absolute Gasteiger partial charge is 0.0957 e. The molecule has 0 saturated heterocycles. The molecular weight excluding hydrogens is 94.1 g/mol. The van der Waals surface area contributed by atoms with Gasteiger partial charge >= 0.3 is 0 Å². The number of rotatable bonds is 0. The highest BCUT2D eigenvalue weighted by atomic mass is 32.2. The lowest BCUT2D eigenvalue weighted by Gasteiger charge is -1.88. The Morgan fingerprint density at radius 3 is 3.00 bits per heavy atom. The Balaban J connectivity index is 2.38. The number of hydrogen-bond acceptors (Lipinski definition) is 2. The maximum Gasteiger partial charge on any atom is 0.0957 e. The van der Waals surface area contributed by atoms with E-state index >= 15 is 0 Å². The van der Waals surface area contributed by atoms with E-state index in [0.29, 0.717) is 5.37 Å². The van der Waals surface area contributed by atoms with Crippen LogP contribution in [0.15, 0.2) is 4.99 Å². The number of aliphatic imine (C=N–C) groups is 1. The molecule has 0 aromatic rings. The molecule has 1 aliphatic rings. The van der Waals surface area contributed by atoms with Crippen molar-refractivity contribution in [3.63, 3.8) is 0 Å². The van der Waals surface area contributed by atoms with E-state index in [1.54, 1.807) is 18.0 Å². The second-order valence-corrected chi connectivity index (χ2v) is 2.27. The predicted molar refractivity (Wildman–Crippen MR) is 28.8 cm³/mol.